The third-order valence-electron chi connectivity index (χ3n) is 4.81. The number of hydrogen-bond donors (Lipinski definition) is 4. The number of phenolic OH excluding ortho intramolecular Hbond substituents is 1. The lowest BCUT2D eigenvalue weighted by Gasteiger charge is -2.20. The standard InChI is InChI=1S/C21H25N5O4S/c1-5-13(15-10-7-11-31-15)22-17-16(19(28)24-26(4)21(17)30)23-14-9-6-8-12(18(14)27)20(29)25(2)3/h6-11,13,22-23,27H,5H2,1-4H3,(H,24,28)/t13-/m1/s1. The monoisotopic (exact) mass is 443 g/mol. The highest BCUT2D eigenvalue weighted by Crippen LogP contribution is 2.33. The van der Waals surface area contributed by atoms with Gasteiger partial charge in [0.25, 0.3) is 17.0 Å². The van der Waals surface area contributed by atoms with Gasteiger partial charge in [-0.25, -0.2) is 0 Å². The SMILES string of the molecule is CC[C@@H](Nc1c(Nc2cccc(C(=O)N(C)C)c2O)c(=O)[nH]n(C)c1=O)c1cccs1. The van der Waals surface area contributed by atoms with E-state index in [1.807, 2.05) is 24.4 Å². The summed E-state index contributed by atoms with van der Waals surface area (Å²) >= 11 is 1.55. The van der Waals surface area contributed by atoms with Crippen LogP contribution in [0.3, 0.4) is 0 Å². The summed E-state index contributed by atoms with van der Waals surface area (Å²) in [7, 11) is 4.61. The van der Waals surface area contributed by atoms with Crippen LogP contribution in [-0.2, 0) is 7.05 Å². The van der Waals surface area contributed by atoms with Crippen LogP contribution in [0.2, 0.25) is 0 Å². The molecule has 10 heteroatoms. The van der Waals surface area contributed by atoms with Crippen molar-refractivity contribution in [1.82, 2.24) is 14.7 Å². The van der Waals surface area contributed by atoms with Crippen LogP contribution in [-0.4, -0.2) is 39.8 Å². The predicted molar refractivity (Wildman–Crippen MR) is 123 cm³/mol. The predicted octanol–water partition coefficient (Wildman–Crippen LogP) is 2.85. The summed E-state index contributed by atoms with van der Waals surface area (Å²) in [6.07, 6.45) is 0.688. The van der Waals surface area contributed by atoms with Crippen molar-refractivity contribution in [3.05, 3.63) is 66.9 Å². The number of nitrogens with one attached hydrogen (secondary N) is 3. The number of thiophene rings is 1. The number of hydrogen-bond acceptors (Lipinski definition) is 7. The second kappa shape index (κ2) is 9.09. The maximum absolute atomic E-state index is 12.9. The molecule has 0 spiro atoms. The average Bonchev–Trinajstić information content (AvgIpc) is 3.27. The average molecular weight is 444 g/mol. The number of phenols is 1. The summed E-state index contributed by atoms with van der Waals surface area (Å²) in [5, 5.41) is 21.1. The number of H-pyrrole nitrogens is 1. The van der Waals surface area contributed by atoms with E-state index in [1.165, 1.54) is 24.1 Å². The van der Waals surface area contributed by atoms with Gasteiger partial charge in [0.1, 0.15) is 11.4 Å². The van der Waals surface area contributed by atoms with E-state index in [9.17, 15) is 19.5 Å². The molecule has 0 aliphatic rings. The number of amides is 1. The van der Waals surface area contributed by atoms with Crippen LogP contribution in [0.25, 0.3) is 0 Å². The molecule has 0 saturated heterocycles. The molecular formula is C21H25N5O4S. The first-order valence-corrected chi connectivity index (χ1v) is 10.6. The lowest BCUT2D eigenvalue weighted by Crippen LogP contribution is -2.32. The molecule has 0 radical (unpaired) electrons. The highest BCUT2D eigenvalue weighted by Gasteiger charge is 2.21. The Labute approximate surface area is 182 Å². The summed E-state index contributed by atoms with van der Waals surface area (Å²) in [5.74, 6) is -0.696. The van der Waals surface area contributed by atoms with E-state index in [-0.39, 0.29) is 40.3 Å². The van der Waals surface area contributed by atoms with Crippen LogP contribution in [0.1, 0.15) is 34.6 Å². The Morgan fingerprint density at radius 2 is 1.97 bits per heavy atom. The number of para-hydroxylation sites is 1. The zero-order valence-electron chi connectivity index (χ0n) is 17.7. The Balaban J connectivity index is 2.08. The van der Waals surface area contributed by atoms with Gasteiger partial charge in [0.2, 0.25) is 0 Å². The van der Waals surface area contributed by atoms with Crippen molar-refractivity contribution in [3.8, 4) is 5.75 Å². The third-order valence-corrected chi connectivity index (χ3v) is 5.80. The molecule has 1 atom stereocenters. The highest BCUT2D eigenvalue weighted by molar-refractivity contribution is 7.10. The fourth-order valence-corrected chi connectivity index (χ4v) is 3.99. The summed E-state index contributed by atoms with van der Waals surface area (Å²) in [5.41, 5.74) is -0.724. The Morgan fingerprint density at radius 3 is 2.58 bits per heavy atom. The van der Waals surface area contributed by atoms with E-state index in [0.717, 1.165) is 9.56 Å². The highest BCUT2D eigenvalue weighted by atomic mass is 32.1. The lowest BCUT2D eigenvalue weighted by molar-refractivity contribution is 0.0824. The van der Waals surface area contributed by atoms with E-state index >= 15 is 0 Å². The molecule has 0 aliphatic heterocycles. The fraction of sp³-hybridized carbons (Fsp3) is 0.286. The molecule has 3 aromatic rings. The summed E-state index contributed by atoms with van der Waals surface area (Å²) in [4.78, 5) is 40.3. The second-order valence-electron chi connectivity index (χ2n) is 7.20. The second-order valence-corrected chi connectivity index (χ2v) is 8.18. The largest absolute Gasteiger partial charge is 0.505 e. The van der Waals surface area contributed by atoms with Crippen molar-refractivity contribution in [2.75, 3.05) is 24.7 Å². The normalized spacial score (nSPS) is 11.7. The van der Waals surface area contributed by atoms with Gasteiger partial charge in [-0.2, -0.15) is 0 Å². The van der Waals surface area contributed by atoms with Crippen molar-refractivity contribution in [3.63, 3.8) is 0 Å². The molecule has 1 aromatic carbocycles. The Hall–Kier alpha value is -3.53. The summed E-state index contributed by atoms with van der Waals surface area (Å²) in [6.45, 7) is 1.98. The zero-order valence-corrected chi connectivity index (χ0v) is 18.5. The number of aromatic amines is 1. The van der Waals surface area contributed by atoms with Crippen LogP contribution in [0, 0.1) is 0 Å². The molecule has 31 heavy (non-hydrogen) atoms. The molecule has 3 rings (SSSR count). The van der Waals surface area contributed by atoms with E-state index in [0.29, 0.717) is 6.42 Å². The van der Waals surface area contributed by atoms with Gasteiger partial charge in [0.15, 0.2) is 5.75 Å². The minimum Gasteiger partial charge on any atom is -0.505 e. The van der Waals surface area contributed by atoms with Gasteiger partial charge in [0, 0.05) is 26.0 Å². The van der Waals surface area contributed by atoms with Gasteiger partial charge in [-0.3, -0.25) is 24.2 Å². The summed E-state index contributed by atoms with van der Waals surface area (Å²) in [6, 6.07) is 8.30. The number of aryl methyl sites for hydroxylation is 1. The molecule has 0 bridgehead atoms. The van der Waals surface area contributed by atoms with E-state index in [2.05, 4.69) is 15.7 Å². The van der Waals surface area contributed by atoms with Crippen LogP contribution in [0.5, 0.6) is 5.75 Å². The molecule has 0 fully saturated rings. The molecule has 2 heterocycles. The fourth-order valence-electron chi connectivity index (χ4n) is 3.13. The molecule has 164 valence electrons. The van der Waals surface area contributed by atoms with Gasteiger partial charge in [-0.05, 0) is 30.0 Å². The number of rotatable bonds is 7. The van der Waals surface area contributed by atoms with Gasteiger partial charge >= 0.3 is 0 Å². The number of benzene rings is 1. The Morgan fingerprint density at radius 1 is 1.23 bits per heavy atom. The zero-order chi connectivity index (χ0) is 22.7. The molecule has 0 saturated carbocycles. The van der Waals surface area contributed by atoms with E-state index in [4.69, 9.17) is 0 Å². The Kier molecular flexibility index (Phi) is 6.50. The van der Waals surface area contributed by atoms with Gasteiger partial charge < -0.3 is 20.6 Å². The number of aromatic hydroxyl groups is 1. The van der Waals surface area contributed by atoms with Gasteiger partial charge in [0.05, 0.1) is 17.3 Å². The van der Waals surface area contributed by atoms with Crippen molar-refractivity contribution in [1.29, 1.82) is 0 Å². The minimum absolute atomic E-state index is 0.0390. The molecular weight excluding hydrogens is 418 g/mol. The van der Waals surface area contributed by atoms with Crippen molar-refractivity contribution in [2.24, 2.45) is 7.05 Å². The van der Waals surface area contributed by atoms with Crippen molar-refractivity contribution in [2.45, 2.75) is 19.4 Å². The Bertz CT molecular complexity index is 1200. The molecule has 0 aliphatic carbocycles. The molecule has 9 nitrogen and oxygen atoms in total. The van der Waals surface area contributed by atoms with Crippen LogP contribution < -0.4 is 21.8 Å². The summed E-state index contributed by atoms with van der Waals surface area (Å²) < 4.78 is 1.10. The van der Waals surface area contributed by atoms with Crippen molar-refractivity contribution < 1.29 is 9.90 Å². The molecule has 4 N–H and O–H groups in total. The molecule has 0 unspecified atom stereocenters. The van der Waals surface area contributed by atoms with E-state index in [1.54, 1.807) is 31.5 Å². The third kappa shape index (κ3) is 4.48. The quantitative estimate of drug-likeness (QED) is 0.417. The van der Waals surface area contributed by atoms with Crippen LogP contribution in [0.15, 0.2) is 45.3 Å². The minimum atomic E-state index is -0.547. The van der Waals surface area contributed by atoms with Crippen LogP contribution in [0.4, 0.5) is 17.1 Å². The first kappa shape index (κ1) is 22.2. The van der Waals surface area contributed by atoms with Crippen LogP contribution >= 0.6 is 11.3 Å². The van der Waals surface area contributed by atoms with Gasteiger partial charge in [-0.1, -0.05) is 19.1 Å². The number of carbonyl (C=O) groups excluding carboxylic acids is 1. The first-order valence-electron chi connectivity index (χ1n) is 9.68. The van der Waals surface area contributed by atoms with E-state index < -0.39 is 11.1 Å². The number of nitrogens with zero attached hydrogens (tertiary/aromatic N) is 2. The smallest absolute Gasteiger partial charge is 0.290 e. The first-order chi connectivity index (χ1) is 14.7. The molecule has 1 amide bonds. The van der Waals surface area contributed by atoms with Crippen molar-refractivity contribution >= 4 is 34.3 Å². The number of anilines is 3. The number of aromatic nitrogens is 2. The lowest BCUT2D eigenvalue weighted by atomic mass is 10.1. The molecule has 2 aromatic heterocycles. The topological polar surface area (TPSA) is 119 Å². The maximum Gasteiger partial charge on any atom is 0.290 e. The van der Waals surface area contributed by atoms with Gasteiger partial charge in [-0.15, -0.1) is 11.3 Å². The maximum atomic E-state index is 12.9. The number of carbonyl (C=O) groups is 1.